The Morgan fingerprint density at radius 1 is 1.36 bits per heavy atom. The van der Waals surface area contributed by atoms with E-state index in [9.17, 15) is 4.79 Å². The summed E-state index contributed by atoms with van der Waals surface area (Å²) in [7, 11) is 0. The summed E-state index contributed by atoms with van der Waals surface area (Å²) < 4.78 is 1.69. The first kappa shape index (κ1) is 14.9. The van der Waals surface area contributed by atoms with Crippen LogP contribution in [-0.2, 0) is 4.79 Å². The van der Waals surface area contributed by atoms with Gasteiger partial charge >= 0.3 is 0 Å². The average molecular weight is 332 g/mol. The third kappa shape index (κ3) is 2.95. The van der Waals surface area contributed by atoms with Gasteiger partial charge in [0.15, 0.2) is 0 Å². The fourth-order valence-electron chi connectivity index (χ4n) is 1.90. The molecule has 0 aliphatic carbocycles. The average Bonchev–Trinajstić information content (AvgIpc) is 3.17. The molecule has 3 rings (SSSR count). The Balaban J connectivity index is 1.93. The number of thiophene rings is 1. The molecule has 0 aromatic carbocycles. The first-order valence-corrected chi connectivity index (χ1v) is 8.68. The van der Waals surface area contributed by atoms with E-state index in [1.165, 1.54) is 11.3 Å². The van der Waals surface area contributed by atoms with Gasteiger partial charge in [-0.2, -0.15) is 9.78 Å². The lowest BCUT2D eigenvalue weighted by atomic mass is 10.2. The summed E-state index contributed by atoms with van der Waals surface area (Å²) in [6.45, 7) is 5.62. The maximum atomic E-state index is 11.9. The van der Waals surface area contributed by atoms with E-state index in [1.54, 1.807) is 16.0 Å². The second-order valence-electron chi connectivity index (χ2n) is 5.22. The van der Waals surface area contributed by atoms with Crippen LogP contribution in [0.2, 0.25) is 0 Å². The number of aryl methyl sites for hydroxylation is 1. The van der Waals surface area contributed by atoms with Crippen molar-refractivity contribution in [1.29, 1.82) is 0 Å². The Kier molecular flexibility index (Phi) is 4.08. The monoisotopic (exact) mass is 332 g/mol. The summed E-state index contributed by atoms with van der Waals surface area (Å²) in [6.07, 6.45) is 0. The van der Waals surface area contributed by atoms with Crippen LogP contribution in [0.5, 0.6) is 0 Å². The van der Waals surface area contributed by atoms with Crippen LogP contribution < -0.4 is 5.32 Å². The molecule has 0 saturated carbocycles. The van der Waals surface area contributed by atoms with Gasteiger partial charge in [0.2, 0.25) is 11.0 Å². The molecule has 0 aliphatic heterocycles. The van der Waals surface area contributed by atoms with E-state index >= 15 is 0 Å². The number of hydrogen-bond acceptors (Lipinski definition) is 5. The predicted octanol–water partition coefficient (Wildman–Crippen LogP) is 3.96. The molecule has 0 atom stereocenters. The molecule has 7 heteroatoms. The molecule has 114 valence electrons. The molecular formula is C15H16N4OS2. The molecule has 0 radical (unpaired) electrons. The summed E-state index contributed by atoms with van der Waals surface area (Å²) in [4.78, 5) is 17.7. The molecule has 0 saturated heterocycles. The Bertz CT molecular complexity index is 786. The first-order valence-electron chi connectivity index (χ1n) is 6.92. The van der Waals surface area contributed by atoms with Crippen molar-refractivity contribution < 1.29 is 4.79 Å². The number of carbonyl (C=O) groups excluding carboxylic acids is 1. The van der Waals surface area contributed by atoms with Gasteiger partial charge in [0, 0.05) is 17.4 Å². The Morgan fingerprint density at radius 3 is 2.86 bits per heavy atom. The lowest BCUT2D eigenvalue weighted by Gasteiger charge is -2.08. The largest absolute Gasteiger partial charge is 0.310 e. The Morgan fingerprint density at radius 2 is 2.18 bits per heavy atom. The molecule has 0 aliphatic rings. The molecule has 1 N–H and O–H groups in total. The van der Waals surface area contributed by atoms with Crippen LogP contribution in [0.15, 0.2) is 29.0 Å². The highest BCUT2D eigenvalue weighted by atomic mass is 32.1. The second kappa shape index (κ2) is 6.02. The van der Waals surface area contributed by atoms with Crippen LogP contribution in [-0.4, -0.2) is 20.7 Å². The maximum absolute atomic E-state index is 11.9. The summed E-state index contributed by atoms with van der Waals surface area (Å²) in [5, 5.41) is 12.1. The number of nitrogens with zero attached hydrogens (tertiary/aromatic N) is 3. The van der Waals surface area contributed by atoms with Gasteiger partial charge in [0.1, 0.15) is 5.82 Å². The summed E-state index contributed by atoms with van der Waals surface area (Å²) >= 11 is 3.16. The molecule has 3 heterocycles. The van der Waals surface area contributed by atoms with E-state index in [1.807, 2.05) is 49.7 Å². The van der Waals surface area contributed by atoms with Crippen molar-refractivity contribution in [1.82, 2.24) is 14.8 Å². The third-order valence-corrected chi connectivity index (χ3v) is 4.76. The van der Waals surface area contributed by atoms with E-state index in [0.717, 1.165) is 21.4 Å². The van der Waals surface area contributed by atoms with E-state index < -0.39 is 0 Å². The van der Waals surface area contributed by atoms with Gasteiger partial charge in [-0.15, -0.1) is 22.7 Å². The van der Waals surface area contributed by atoms with Crippen LogP contribution in [0.3, 0.4) is 0 Å². The Labute approximate surface area is 136 Å². The van der Waals surface area contributed by atoms with Crippen LogP contribution >= 0.6 is 22.7 Å². The number of aromatic nitrogens is 3. The molecule has 0 bridgehead atoms. The maximum Gasteiger partial charge on any atom is 0.228 e. The second-order valence-corrected chi connectivity index (χ2v) is 7.00. The van der Waals surface area contributed by atoms with Gasteiger partial charge < -0.3 is 5.32 Å². The standard InChI is InChI=1S/C15H16N4OS2/c1-9(2)14(20)17-13-7-10(3)18-19(13)15-16-11(8-22-15)12-5-4-6-21-12/h4-9H,1-3H3,(H,17,20). The van der Waals surface area contributed by atoms with Crippen molar-refractivity contribution in [2.45, 2.75) is 20.8 Å². The fourth-order valence-corrected chi connectivity index (χ4v) is 3.45. The van der Waals surface area contributed by atoms with Crippen molar-refractivity contribution in [3.05, 3.63) is 34.7 Å². The van der Waals surface area contributed by atoms with Crippen molar-refractivity contribution in [3.63, 3.8) is 0 Å². The summed E-state index contributed by atoms with van der Waals surface area (Å²) in [5.74, 6) is 0.543. The van der Waals surface area contributed by atoms with Crippen molar-refractivity contribution >= 4 is 34.4 Å². The number of amides is 1. The van der Waals surface area contributed by atoms with Crippen LogP contribution in [0, 0.1) is 12.8 Å². The van der Waals surface area contributed by atoms with Crippen molar-refractivity contribution in [2.75, 3.05) is 5.32 Å². The van der Waals surface area contributed by atoms with E-state index in [4.69, 9.17) is 0 Å². The summed E-state index contributed by atoms with van der Waals surface area (Å²) in [6, 6.07) is 5.90. The van der Waals surface area contributed by atoms with Crippen LogP contribution in [0.1, 0.15) is 19.5 Å². The molecule has 3 aromatic heterocycles. The molecule has 0 spiro atoms. The summed E-state index contributed by atoms with van der Waals surface area (Å²) in [5.41, 5.74) is 1.77. The molecule has 3 aromatic rings. The van der Waals surface area contributed by atoms with Gasteiger partial charge in [-0.05, 0) is 18.4 Å². The van der Waals surface area contributed by atoms with Gasteiger partial charge in [0.25, 0.3) is 0 Å². The number of nitrogens with one attached hydrogen (secondary N) is 1. The highest BCUT2D eigenvalue weighted by molar-refractivity contribution is 7.15. The minimum atomic E-state index is -0.0818. The zero-order valence-electron chi connectivity index (χ0n) is 12.5. The predicted molar refractivity (Wildman–Crippen MR) is 90.8 cm³/mol. The lowest BCUT2D eigenvalue weighted by molar-refractivity contribution is -0.118. The molecule has 5 nitrogen and oxygen atoms in total. The Hall–Kier alpha value is -1.99. The van der Waals surface area contributed by atoms with Gasteiger partial charge in [-0.1, -0.05) is 19.9 Å². The minimum absolute atomic E-state index is 0.0313. The lowest BCUT2D eigenvalue weighted by Crippen LogP contribution is -2.19. The highest BCUT2D eigenvalue weighted by Crippen LogP contribution is 2.29. The van der Waals surface area contributed by atoms with Crippen molar-refractivity contribution in [3.8, 4) is 15.7 Å². The highest BCUT2D eigenvalue weighted by Gasteiger charge is 2.16. The van der Waals surface area contributed by atoms with Gasteiger partial charge in [-0.25, -0.2) is 4.98 Å². The zero-order chi connectivity index (χ0) is 15.7. The quantitative estimate of drug-likeness (QED) is 0.786. The smallest absolute Gasteiger partial charge is 0.228 e. The minimum Gasteiger partial charge on any atom is -0.310 e. The SMILES string of the molecule is Cc1cc(NC(=O)C(C)C)n(-c2nc(-c3cccs3)cs2)n1. The normalized spacial score (nSPS) is 11.1. The number of anilines is 1. The number of thiazole rings is 1. The molecule has 0 unspecified atom stereocenters. The topological polar surface area (TPSA) is 59.8 Å². The fraction of sp³-hybridized carbons (Fsp3) is 0.267. The molecule has 22 heavy (non-hydrogen) atoms. The van der Waals surface area contributed by atoms with Crippen molar-refractivity contribution in [2.24, 2.45) is 5.92 Å². The van der Waals surface area contributed by atoms with Gasteiger partial charge in [-0.3, -0.25) is 4.79 Å². The van der Waals surface area contributed by atoms with E-state index in [0.29, 0.717) is 5.82 Å². The van der Waals surface area contributed by atoms with Gasteiger partial charge in [0.05, 0.1) is 16.3 Å². The number of carbonyl (C=O) groups is 1. The van der Waals surface area contributed by atoms with Crippen LogP contribution in [0.4, 0.5) is 5.82 Å². The number of hydrogen-bond donors (Lipinski definition) is 1. The van der Waals surface area contributed by atoms with Crippen LogP contribution in [0.25, 0.3) is 15.7 Å². The zero-order valence-corrected chi connectivity index (χ0v) is 14.2. The molecule has 1 amide bonds. The molecular weight excluding hydrogens is 316 g/mol. The van der Waals surface area contributed by atoms with E-state index in [2.05, 4.69) is 15.4 Å². The van der Waals surface area contributed by atoms with E-state index in [-0.39, 0.29) is 11.8 Å². The number of rotatable bonds is 4. The third-order valence-electron chi connectivity index (χ3n) is 3.05. The first-order chi connectivity index (χ1) is 10.5. The molecule has 0 fully saturated rings.